The normalized spacial score (nSPS) is 11.5. The molecule has 0 aliphatic rings. The summed E-state index contributed by atoms with van der Waals surface area (Å²) in [5.41, 5.74) is 5.79. The van der Waals surface area contributed by atoms with Crippen LogP contribution in [0.1, 0.15) is 0 Å². The molecule has 8 rings (SSSR count). The molecule has 2 heterocycles. The van der Waals surface area contributed by atoms with E-state index in [0.29, 0.717) is 0 Å². The Kier molecular flexibility index (Phi) is 5.69. The SMILES string of the molecule is O=c1c2ccccc2sc2cc3c(cc12)sc1ccc(N(c2ccccc2)c2ccccc2-c2ccccc2)cc13. The molecule has 0 saturated heterocycles. The van der Waals surface area contributed by atoms with E-state index in [-0.39, 0.29) is 5.43 Å². The first-order valence-corrected chi connectivity index (χ1v) is 15.2. The van der Waals surface area contributed by atoms with E-state index in [4.69, 9.17) is 0 Å². The van der Waals surface area contributed by atoms with Crippen LogP contribution in [0.4, 0.5) is 17.1 Å². The smallest absolute Gasteiger partial charge is 0.195 e. The van der Waals surface area contributed by atoms with Crippen molar-refractivity contribution in [2.45, 2.75) is 0 Å². The minimum Gasteiger partial charge on any atom is -0.310 e. The summed E-state index contributed by atoms with van der Waals surface area (Å²) in [5, 5.41) is 3.99. The topological polar surface area (TPSA) is 20.3 Å². The van der Waals surface area contributed by atoms with Gasteiger partial charge in [0.05, 0.1) is 5.69 Å². The van der Waals surface area contributed by atoms with Gasteiger partial charge in [0.2, 0.25) is 0 Å². The van der Waals surface area contributed by atoms with Gasteiger partial charge in [0.25, 0.3) is 0 Å². The average Bonchev–Trinajstić information content (AvgIpc) is 3.39. The molecule has 0 aliphatic heterocycles. The van der Waals surface area contributed by atoms with Crippen LogP contribution >= 0.6 is 22.7 Å². The van der Waals surface area contributed by atoms with Crippen molar-refractivity contribution in [3.05, 3.63) is 150 Å². The number of fused-ring (bicyclic) bond motifs is 5. The third-order valence-corrected chi connectivity index (χ3v) is 9.92. The van der Waals surface area contributed by atoms with E-state index in [2.05, 4.69) is 120 Å². The zero-order valence-corrected chi connectivity index (χ0v) is 23.6. The second kappa shape index (κ2) is 9.70. The van der Waals surface area contributed by atoms with Crippen molar-refractivity contribution in [2.24, 2.45) is 0 Å². The van der Waals surface area contributed by atoms with Gasteiger partial charge in [-0.3, -0.25) is 4.79 Å². The maximum atomic E-state index is 13.4. The van der Waals surface area contributed by atoms with E-state index < -0.39 is 0 Å². The van der Waals surface area contributed by atoms with Crippen LogP contribution in [0.2, 0.25) is 0 Å². The minimum atomic E-state index is 0.113. The first-order valence-electron chi connectivity index (χ1n) is 13.6. The van der Waals surface area contributed by atoms with Crippen LogP contribution in [0.15, 0.2) is 144 Å². The van der Waals surface area contributed by atoms with Crippen molar-refractivity contribution in [3.8, 4) is 11.1 Å². The molecule has 6 aromatic carbocycles. The van der Waals surface area contributed by atoms with E-state index in [9.17, 15) is 4.79 Å². The molecule has 2 aromatic heterocycles. The summed E-state index contributed by atoms with van der Waals surface area (Å²) in [6, 6.07) is 48.7. The molecule has 2 nitrogen and oxygen atoms in total. The Labute approximate surface area is 245 Å². The molecule has 0 unspecified atom stereocenters. The number of para-hydroxylation sites is 2. The summed E-state index contributed by atoms with van der Waals surface area (Å²) < 4.78 is 4.41. The summed E-state index contributed by atoms with van der Waals surface area (Å²) >= 11 is 3.44. The molecule has 8 aromatic rings. The highest BCUT2D eigenvalue weighted by molar-refractivity contribution is 7.26. The molecule has 0 N–H and O–H groups in total. The lowest BCUT2D eigenvalue weighted by atomic mass is 10.0. The molecular formula is C37H23NOS2. The Hall–Kier alpha value is -4.77. The fourth-order valence-corrected chi connectivity index (χ4v) is 7.93. The van der Waals surface area contributed by atoms with Crippen molar-refractivity contribution in [1.29, 1.82) is 0 Å². The number of benzene rings is 6. The third-order valence-electron chi connectivity index (χ3n) is 7.65. The monoisotopic (exact) mass is 561 g/mol. The molecule has 0 radical (unpaired) electrons. The van der Waals surface area contributed by atoms with E-state index in [1.807, 2.05) is 24.3 Å². The second-order valence-electron chi connectivity index (χ2n) is 10.1. The number of hydrogen-bond donors (Lipinski definition) is 0. The quantitative estimate of drug-likeness (QED) is 0.199. The van der Waals surface area contributed by atoms with Crippen LogP contribution in [0.25, 0.3) is 51.5 Å². The van der Waals surface area contributed by atoms with E-state index in [0.717, 1.165) is 41.9 Å². The fraction of sp³-hybridized carbons (Fsp3) is 0. The van der Waals surface area contributed by atoms with Crippen molar-refractivity contribution < 1.29 is 0 Å². The lowest BCUT2D eigenvalue weighted by molar-refractivity contribution is 1.29. The van der Waals surface area contributed by atoms with E-state index >= 15 is 0 Å². The van der Waals surface area contributed by atoms with Gasteiger partial charge >= 0.3 is 0 Å². The van der Waals surface area contributed by atoms with Crippen LogP contribution in [0.3, 0.4) is 0 Å². The van der Waals surface area contributed by atoms with Gasteiger partial charge in [0.15, 0.2) is 5.43 Å². The highest BCUT2D eigenvalue weighted by atomic mass is 32.1. The molecular weight excluding hydrogens is 539 g/mol. The first kappa shape index (κ1) is 24.1. The van der Waals surface area contributed by atoms with Gasteiger partial charge in [-0.1, -0.05) is 78.9 Å². The molecule has 0 amide bonds. The molecule has 0 saturated carbocycles. The highest BCUT2D eigenvalue weighted by Gasteiger charge is 2.18. The van der Waals surface area contributed by atoms with Gasteiger partial charge in [0.1, 0.15) is 0 Å². The van der Waals surface area contributed by atoms with Crippen molar-refractivity contribution in [3.63, 3.8) is 0 Å². The summed E-state index contributed by atoms with van der Waals surface area (Å²) in [6.45, 7) is 0. The summed E-state index contributed by atoms with van der Waals surface area (Å²) in [5.74, 6) is 0. The maximum Gasteiger partial charge on any atom is 0.195 e. The number of anilines is 3. The molecule has 0 atom stereocenters. The van der Waals surface area contributed by atoms with E-state index in [1.165, 1.54) is 26.6 Å². The lowest BCUT2D eigenvalue weighted by Crippen LogP contribution is -2.11. The predicted molar refractivity (Wildman–Crippen MR) is 179 cm³/mol. The zero-order valence-electron chi connectivity index (χ0n) is 22.0. The molecule has 0 bridgehead atoms. The van der Waals surface area contributed by atoms with Crippen molar-refractivity contribution in [1.82, 2.24) is 0 Å². The first-order chi connectivity index (χ1) is 20.2. The van der Waals surface area contributed by atoms with Crippen LogP contribution in [-0.4, -0.2) is 0 Å². The molecule has 194 valence electrons. The lowest BCUT2D eigenvalue weighted by Gasteiger charge is -2.28. The number of thiophene rings is 1. The Morgan fingerprint density at radius 1 is 0.439 bits per heavy atom. The molecule has 0 fully saturated rings. The Bertz CT molecular complexity index is 2280. The van der Waals surface area contributed by atoms with Crippen LogP contribution < -0.4 is 10.3 Å². The average molecular weight is 562 g/mol. The largest absolute Gasteiger partial charge is 0.310 e. The highest BCUT2D eigenvalue weighted by Crippen LogP contribution is 2.44. The third kappa shape index (κ3) is 4.03. The summed E-state index contributed by atoms with van der Waals surface area (Å²) in [7, 11) is 0. The molecule has 0 aliphatic carbocycles. The van der Waals surface area contributed by atoms with E-state index in [1.54, 1.807) is 22.7 Å². The van der Waals surface area contributed by atoms with Crippen molar-refractivity contribution in [2.75, 3.05) is 4.90 Å². The van der Waals surface area contributed by atoms with Gasteiger partial charge in [0, 0.05) is 57.3 Å². The number of hydrogen-bond acceptors (Lipinski definition) is 4. The number of nitrogens with zero attached hydrogens (tertiary/aromatic N) is 1. The van der Waals surface area contributed by atoms with Gasteiger partial charge < -0.3 is 4.90 Å². The Morgan fingerprint density at radius 2 is 1.05 bits per heavy atom. The second-order valence-corrected chi connectivity index (χ2v) is 12.3. The van der Waals surface area contributed by atoms with Gasteiger partial charge in [-0.2, -0.15) is 0 Å². The van der Waals surface area contributed by atoms with Gasteiger partial charge in [-0.05, 0) is 66.2 Å². The molecule has 4 heteroatoms. The standard InChI is InChI=1S/C37H23NOS2/c39-37-28-16-8-10-18-33(28)40-36-22-30-29-21-26(19-20-34(29)41-35(30)23-31(36)37)38(25-13-5-2-6-14-25)32-17-9-7-15-27(32)24-11-3-1-4-12-24/h1-23H. The van der Waals surface area contributed by atoms with Crippen LogP contribution in [-0.2, 0) is 0 Å². The molecule has 0 spiro atoms. The van der Waals surface area contributed by atoms with Crippen molar-refractivity contribution >= 4 is 80.1 Å². The van der Waals surface area contributed by atoms with Gasteiger partial charge in [-0.15, -0.1) is 22.7 Å². The fourth-order valence-electron chi connectivity index (χ4n) is 5.73. The van der Waals surface area contributed by atoms with Crippen LogP contribution in [0, 0.1) is 0 Å². The van der Waals surface area contributed by atoms with Crippen LogP contribution in [0.5, 0.6) is 0 Å². The summed E-state index contributed by atoms with van der Waals surface area (Å²) in [4.78, 5) is 15.7. The Balaban J connectivity index is 1.37. The Morgan fingerprint density at radius 3 is 1.88 bits per heavy atom. The molecule has 41 heavy (non-hydrogen) atoms. The van der Waals surface area contributed by atoms with Gasteiger partial charge in [-0.25, -0.2) is 0 Å². The summed E-state index contributed by atoms with van der Waals surface area (Å²) in [6.07, 6.45) is 0. The minimum absolute atomic E-state index is 0.113. The number of rotatable bonds is 4. The maximum absolute atomic E-state index is 13.4. The zero-order chi connectivity index (χ0) is 27.3. The predicted octanol–water partition coefficient (Wildman–Crippen LogP) is 10.9.